The monoisotopic (exact) mass is 343 g/mol. The van der Waals surface area contributed by atoms with Gasteiger partial charge in [-0.2, -0.15) is 0 Å². The average Bonchev–Trinajstić information content (AvgIpc) is 3.09. The van der Waals surface area contributed by atoms with Crippen molar-refractivity contribution in [2.24, 2.45) is 0 Å². The van der Waals surface area contributed by atoms with Crippen molar-refractivity contribution < 1.29 is 9.53 Å². The standard InChI is InChI=1S/C20H29N3O2/c1-25-18-6-5-13-23(15-18)12-4-2-3-7-20(24)22-17-8-9-19-16(14-17)10-11-21-19/h8-11,14,18,21H,2-7,12-13,15H2,1H3,(H,22,24). The molecule has 0 radical (unpaired) electrons. The number of nitrogens with one attached hydrogen (secondary N) is 2. The first-order valence-electron chi connectivity index (χ1n) is 9.37. The Balaban J connectivity index is 1.31. The number of benzene rings is 1. The first-order chi connectivity index (χ1) is 12.2. The van der Waals surface area contributed by atoms with Crippen LogP contribution in [0.4, 0.5) is 5.69 Å². The Morgan fingerprint density at radius 3 is 3.12 bits per heavy atom. The van der Waals surface area contributed by atoms with Gasteiger partial charge in [-0.1, -0.05) is 6.42 Å². The van der Waals surface area contributed by atoms with Crippen molar-refractivity contribution in [3.63, 3.8) is 0 Å². The Morgan fingerprint density at radius 1 is 1.32 bits per heavy atom. The Labute approximate surface area is 149 Å². The van der Waals surface area contributed by atoms with Crippen LogP contribution in [0, 0.1) is 0 Å². The number of likely N-dealkylation sites (tertiary alicyclic amines) is 1. The van der Waals surface area contributed by atoms with E-state index in [9.17, 15) is 4.79 Å². The molecule has 1 aromatic heterocycles. The van der Waals surface area contributed by atoms with Crippen molar-refractivity contribution in [2.75, 3.05) is 32.1 Å². The number of H-pyrrole nitrogens is 1. The summed E-state index contributed by atoms with van der Waals surface area (Å²) >= 11 is 0. The molecule has 1 fully saturated rings. The molecule has 5 nitrogen and oxygen atoms in total. The predicted octanol–water partition coefficient (Wildman–Crippen LogP) is 3.78. The molecule has 1 aromatic carbocycles. The predicted molar refractivity (Wildman–Crippen MR) is 102 cm³/mol. The number of anilines is 1. The fourth-order valence-corrected chi connectivity index (χ4v) is 3.56. The number of hydrogen-bond acceptors (Lipinski definition) is 3. The van der Waals surface area contributed by atoms with Crippen molar-refractivity contribution in [3.8, 4) is 0 Å². The summed E-state index contributed by atoms with van der Waals surface area (Å²) < 4.78 is 5.46. The molecule has 1 atom stereocenters. The van der Waals surface area contributed by atoms with Gasteiger partial charge < -0.3 is 19.9 Å². The summed E-state index contributed by atoms with van der Waals surface area (Å²) in [4.78, 5) is 17.7. The van der Waals surface area contributed by atoms with E-state index in [1.54, 1.807) is 7.11 Å². The molecule has 1 amide bonds. The molecule has 25 heavy (non-hydrogen) atoms. The summed E-state index contributed by atoms with van der Waals surface area (Å²) in [6.45, 7) is 3.35. The Morgan fingerprint density at radius 2 is 2.24 bits per heavy atom. The lowest BCUT2D eigenvalue weighted by atomic mass is 10.1. The molecule has 0 spiro atoms. The van der Waals surface area contributed by atoms with Gasteiger partial charge in [0.2, 0.25) is 5.91 Å². The van der Waals surface area contributed by atoms with Crippen LogP contribution in [-0.4, -0.2) is 48.6 Å². The molecule has 0 aliphatic carbocycles. The highest BCUT2D eigenvalue weighted by molar-refractivity contribution is 5.93. The summed E-state index contributed by atoms with van der Waals surface area (Å²) in [5, 5.41) is 4.12. The zero-order valence-corrected chi connectivity index (χ0v) is 15.1. The highest BCUT2D eigenvalue weighted by Crippen LogP contribution is 2.18. The van der Waals surface area contributed by atoms with Crippen molar-refractivity contribution in [3.05, 3.63) is 30.5 Å². The maximum atomic E-state index is 12.1. The van der Waals surface area contributed by atoms with E-state index in [0.29, 0.717) is 12.5 Å². The molecule has 5 heteroatoms. The molecule has 1 unspecified atom stereocenters. The van der Waals surface area contributed by atoms with Gasteiger partial charge in [-0.25, -0.2) is 0 Å². The van der Waals surface area contributed by atoms with E-state index >= 15 is 0 Å². The minimum Gasteiger partial charge on any atom is -0.380 e. The van der Waals surface area contributed by atoms with Crippen LogP contribution in [0.5, 0.6) is 0 Å². The molecule has 1 saturated heterocycles. The fraction of sp³-hybridized carbons (Fsp3) is 0.550. The van der Waals surface area contributed by atoms with Gasteiger partial charge >= 0.3 is 0 Å². The normalized spacial score (nSPS) is 18.5. The molecule has 1 aliphatic rings. The molecular formula is C20H29N3O2. The third kappa shape index (κ3) is 5.31. The van der Waals surface area contributed by atoms with Gasteiger partial charge in [-0.15, -0.1) is 0 Å². The summed E-state index contributed by atoms with van der Waals surface area (Å²) in [7, 11) is 1.81. The molecule has 2 aromatic rings. The number of hydrogen-bond donors (Lipinski definition) is 2. The number of amides is 1. The first-order valence-corrected chi connectivity index (χ1v) is 9.37. The Hall–Kier alpha value is -1.85. The number of rotatable bonds is 8. The largest absolute Gasteiger partial charge is 0.380 e. The van der Waals surface area contributed by atoms with Gasteiger partial charge in [0.25, 0.3) is 0 Å². The lowest BCUT2D eigenvalue weighted by molar-refractivity contribution is -0.116. The average molecular weight is 343 g/mol. The van der Waals surface area contributed by atoms with Crippen molar-refractivity contribution >= 4 is 22.5 Å². The highest BCUT2D eigenvalue weighted by atomic mass is 16.5. The second-order valence-corrected chi connectivity index (χ2v) is 6.94. The minimum atomic E-state index is 0.104. The second kappa shape index (κ2) is 9.02. The van der Waals surface area contributed by atoms with Crippen LogP contribution >= 0.6 is 0 Å². The molecule has 0 bridgehead atoms. The SMILES string of the molecule is COC1CCCN(CCCCCC(=O)Nc2ccc3[nH]ccc3c2)C1. The topological polar surface area (TPSA) is 57.4 Å². The van der Waals surface area contributed by atoms with E-state index in [1.165, 1.54) is 19.4 Å². The zero-order chi connectivity index (χ0) is 17.5. The van der Waals surface area contributed by atoms with Crippen LogP contribution in [-0.2, 0) is 9.53 Å². The van der Waals surface area contributed by atoms with E-state index in [-0.39, 0.29) is 5.91 Å². The molecule has 2 N–H and O–H groups in total. The van der Waals surface area contributed by atoms with Gasteiger partial charge in [-0.05, 0) is 63.0 Å². The molecule has 0 saturated carbocycles. The van der Waals surface area contributed by atoms with Crippen molar-refractivity contribution in [1.29, 1.82) is 0 Å². The lowest BCUT2D eigenvalue weighted by Gasteiger charge is -2.31. The molecule has 2 heterocycles. The Bertz CT molecular complexity index is 682. The maximum absolute atomic E-state index is 12.1. The number of methoxy groups -OCH3 is 1. The fourth-order valence-electron chi connectivity index (χ4n) is 3.56. The van der Waals surface area contributed by atoms with E-state index < -0.39 is 0 Å². The molecular weight excluding hydrogens is 314 g/mol. The van der Waals surface area contributed by atoms with Gasteiger partial charge in [0.1, 0.15) is 0 Å². The van der Waals surface area contributed by atoms with Gasteiger partial charge in [0.15, 0.2) is 0 Å². The van der Waals surface area contributed by atoms with Crippen LogP contribution in [0.1, 0.15) is 38.5 Å². The second-order valence-electron chi connectivity index (χ2n) is 6.94. The number of fused-ring (bicyclic) bond motifs is 1. The summed E-state index contributed by atoms with van der Waals surface area (Å²) in [5.74, 6) is 0.104. The van der Waals surface area contributed by atoms with E-state index in [4.69, 9.17) is 4.74 Å². The summed E-state index contributed by atoms with van der Waals surface area (Å²) in [6, 6.07) is 7.96. The number of carbonyl (C=O) groups is 1. The van der Waals surface area contributed by atoms with Crippen LogP contribution < -0.4 is 5.32 Å². The molecule has 1 aliphatic heterocycles. The maximum Gasteiger partial charge on any atom is 0.224 e. The highest BCUT2D eigenvalue weighted by Gasteiger charge is 2.18. The van der Waals surface area contributed by atoms with Crippen LogP contribution in [0.3, 0.4) is 0 Å². The number of piperidine rings is 1. The smallest absolute Gasteiger partial charge is 0.224 e. The quantitative estimate of drug-likeness (QED) is 0.717. The van der Waals surface area contributed by atoms with E-state index in [1.807, 2.05) is 30.5 Å². The van der Waals surface area contributed by atoms with Crippen molar-refractivity contribution in [1.82, 2.24) is 9.88 Å². The number of unbranched alkanes of at least 4 members (excludes halogenated alkanes) is 2. The van der Waals surface area contributed by atoms with Crippen LogP contribution in [0.25, 0.3) is 10.9 Å². The third-order valence-electron chi connectivity index (χ3n) is 5.01. The summed E-state index contributed by atoms with van der Waals surface area (Å²) in [6.07, 6.45) is 8.50. The van der Waals surface area contributed by atoms with Crippen LogP contribution in [0.2, 0.25) is 0 Å². The number of aromatic amines is 1. The Kier molecular flexibility index (Phi) is 6.48. The van der Waals surface area contributed by atoms with Gasteiger partial charge in [0, 0.05) is 42.9 Å². The third-order valence-corrected chi connectivity index (χ3v) is 5.01. The number of ether oxygens (including phenoxy) is 1. The number of nitrogens with zero attached hydrogens (tertiary/aromatic N) is 1. The summed E-state index contributed by atoms with van der Waals surface area (Å²) in [5.41, 5.74) is 1.96. The number of carbonyl (C=O) groups excluding carboxylic acids is 1. The van der Waals surface area contributed by atoms with Gasteiger partial charge in [0.05, 0.1) is 6.10 Å². The van der Waals surface area contributed by atoms with Crippen molar-refractivity contribution in [2.45, 2.75) is 44.6 Å². The first kappa shape index (κ1) is 18.0. The molecule has 3 rings (SSSR count). The van der Waals surface area contributed by atoms with Gasteiger partial charge in [-0.3, -0.25) is 4.79 Å². The molecule has 136 valence electrons. The van der Waals surface area contributed by atoms with E-state index in [2.05, 4.69) is 15.2 Å². The number of aromatic nitrogens is 1. The van der Waals surface area contributed by atoms with Crippen LogP contribution in [0.15, 0.2) is 30.5 Å². The zero-order valence-electron chi connectivity index (χ0n) is 15.1. The lowest BCUT2D eigenvalue weighted by Crippen LogP contribution is -2.39. The minimum absolute atomic E-state index is 0.104. The van der Waals surface area contributed by atoms with E-state index in [0.717, 1.165) is 48.9 Å².